The summed E-state index contributed by atoms with van der Waals surface area (Å²) in [6, 6.07) is 13.2. The van der Waals surface area contributed by atoms with E-state index in [0.717, 1.165) is 33.8 Å². The summed E-state index contributed by atoms with van der Waals surface area (Å²) in [4.78, 5) is 11.6. The van der Waals surface area contributed by atoms with Crippen molar-refractivity contribution in [1.82, 2.24) is 0 Å². The lowest BCUT2D eigenvalue weighted by Crippen LogP contribution is -2.04. The van der Waals surface area contributed by atoms with Crippen LogP contribution in [0.1, 0.15) is 22.3 Å². The van der Waals surface area contributed by atoms with Crippen LogP contribution in [0.25, 0.3) is 6.08 Å². The number of carbonyl (C=O) groups excluding carboxylic acids is 1. The molecule has 26 heavy (non-hydrogen) atoms. The Morgan fingerprint density at radius 1 is 1.12 bits per heavy atom. The van der Waals surface area contributed by atoms with Gasteiger partial charge >= 0.3 is 5.97 Å². The molecule has 5 nitrogen and oxygen atoms in total. The van der Waals surface area contributed by atoms with E-state index in [1.165, 1.54) is 7.11 Å². The summed E-state index contributed by atoms with van der Waals surface area (Å²) in [6.07, 6.45) is 1.55. The van der Waals surface area contributed by atoms with Gasteiger partial charge in [0.05, 0.1) is 14.2 Å². The SMILES string of the molecule is COC(=O)/C(C#N)=C/c1cc(C)cc(COc2ccc(OC)cc2)c1C. The van der Waals surface area contributed by atoms with Gasteiger partial charge in [0.2, 0.25) is 0 Å². The highest BCUT2D eigenvalue weighted by Gasteiger charge is 2.12. The molecular weight excluding hydrogens is 330 g/mol. The van der Waals surface area contributed by atoms with E-state index in [4.69, 9.17) is 14.7 Å². The average molecular weight is 351 g/mol. The fourth-order valence-corrected chi connectivity index (χ4v) is 2.50. The lowest BCUT2D eigenvalue weighted by molar-refractivity contribution is -0.135. The Hall–Kier alpha value is -3.26. The van der Waals surface area contributed by atoms with E-state index in [1.54, 1.807) is 13.2 Å². The molecule has 0 amide bonds. The van der Waals surface area contributed by atoms with Crippen molar-refractivity contribution in [3.05, 3.63) is 64.2 Å². The summed E-state index contributed by atoms with van der Waals surface area (Å²) in [5, 5.41) is 9.16. The molecule has 134 valence electrons. The Balaban J connectivity index is 2.27. The van der Waals surface area contributed by atoms with Crippen molar-refractivity contribution in [2.75, 3.05) is 14.2 Å². The largest absolute Gasteiger partial charge is 0.497 e. The minimum atomic E-state index is -0.649. The highest BCUT2D eigenvalue weighted by atomic mass is 16.5. The van der Waals surface area contributed by atoms with Crippen LogP contribution in [0, 0.1) is 25.2 Å². The number of carbonyl (C=O) groups is 1. The zero-order valence-corrected chi connectivity index (χ0v) is 15.3. The zero-order chi connectivity index (χ0) is 19.1. The van der Waals surface area contributed by atoms with Crippen molar-refractivity contribution >= 4 is 12.0 Å². The number of methoxy groups -OCH3 is 2. The smallest absolute Gasteiger partial charge is 0.348 e. The Kier molecular flexibility index (Phi) is 6.40. The second-order valence-electron chi connectivity index (χ2n) is 5.76. The van der Waals surface area contributed by atoms with Crippen molar-refractivity contribution in [3.8, 4) is 17.6 Å². The van der Waals surface area contributed by atoms with Crippen LogP contribution in [0.15, 0.2) is 42.0 Å². The van der Waals surface area contributed by atoms with Crippen molar-refractivity contribution in [3.63, 3.8) is 0 Å². The molecule has 0 aromatic heterocycles. The maximum atomic E-state index is 11.6. The van der Waals surface area contributed by atoms with E-state index in [1.807, 2.05) is 56.3 Å². The third kappa shape index (κ3) is 4.64. The lowest BCUT2D eigenvalue weighted by atomic mass is 9.98. The third-order valence-electron chi connectivity index (χ3n) is 3.98. The molecule has 0 N–H and O–H groups in total. The Morgan fingerprint density at radius 3 is 2.35 bits per heavy atom. The fraction of sp³-hybridized carbons (Fsp3) is 0.238. The second-order valence-corrected chi connectivity index (χ2v) is 5.76. The first kappa shape index (κ1) is 19.1. The van der Waals surface area contributed by atoms with Gasteiger partial charge in [0.25, 0.3) is 0 Å². The van der Waals surface area contributed by atoms with E-state index < -0.39 is 5.97 Å². The average Bonchev–Trinajstić information content (AvgIpc) is 2.66. The molecule has 0 atom stereocenters. The van der Waals surface area contributed by atoms with E-state index >= 15 is 0 Å². The number of ether oxygens (including phenoxy) is 3. The van der Waals surface area contributed by atoms with Gasteiger partial charge in [0, 0.05) is 0 Å². The molecule has 0 aliphatic rings. The molecule has 2 rings (SSSR count). The molecule has 0 saturated heterocycles. The van der Waals surface area contributed by atoms with Gasteiger partial charge in [-0.05, 0) is 60.9 Å². The first-order valence-electron chi connectivity index (χ1n) is 8.05. The number of hydrogen-bond donors (Lipinski definition) is 0. The zero-order valence-electron chi connectivity index (χ0n) is 15.3. The van der Waals surface area contributed by atoms with Gasteiger partial charge in [-0.25, -0.2) is 4.79 Å². The quantitative estimate of drug-likeness (QED) is 0.447. The topological polar surface area (TPSA) is 68.6 Å². The number of nitrogens with zero attached hydrogens (tertiary/aromatic N) is 1. The van der Waals surface area contributed by atoms with Crippen LogP contribution >= 0.6 is 0 Å². The standard InChI is InChI=1S/C21H21NO4/c1-14-9-16(11-17(12-22)21(23)25-4)15(2)18(10-14)13-26-20-7-5-19(24-3)6-8-20/h5-11H,13H2,1-4H3/b17-11+. The number of esters is 1. The van der Waals surface area contributed by atoms with Crippen LogP contribution in [0.5, 0.6) is 11.5 Å². The van der Waals surface area contributed by atoms with Gasteiger partial charge in [0.15, 0.2) is 0 Å². The molecule has 0 aliphatic carbocycles. The Morgan fingerprint density at radius 2 is 1.77 bits per heavy atom. The first-order chi connectivity index (χ1) is 12.5. The maximum absolute atomic E-state index is 11.6. The molecule has 2 aromatic carbocycles. The minimum absolute atomic E-state index is 0.0387. The van der Waals surface area contributed by atoms with Crippen LogP contribution in [0.3, 0.4) is 0 Å². The Bertz CT molecular complexity index is 861. The summed E-state index contributed by atoms with van der Waals surface area (Å²) in [7, 11) is 2.87. The molecule has 0 saturated carbocycles. The van der Waals surface area contributed by atoms with Gasteiger partial charge in [-0.15, -0.1) is 0 Å². The molecule has 0 spiro atoms. The van der Waals surface area contributed by atoms with E-state index in [-0.39, 0.29) is 5.57 Å². The predicted octanol–water partition coefficient (Wildman–Crippen LogP) is 3.97. The van der Waals surface area contributed by atoms with Gasteiger partial charge in [-0.3, -0.25) is 0 Å². The number of aryl methyl sites for hydroxylation is 1. The predicted molar refractivity (Wildman–Crippen MR) is 98.8 cm³/mol. The normalized spacial score (nSPS) is 10.8. The number of hydrogen-bond acceptors (Lipinski definition) is 5. The second kappa shape index (κ2) is 8.72. The van der Waals surface area contributed by atoms with Crippen LogP contribution < -0.4 is 9.47 Å². The molecule has 0 heterocycles. The molecular formula is C21H21NO4. The minimum Gasteiger partial charge on any atom is -0.497 e. The molecule has 0 radical (unpaired) electrons. The van der Waals surface area contributed by atoms with Crippen LogP contribution in [-0.2, 0) is 16.1 Å². The number of nitriles is 1. The highest BCUT2D eigenvalue weighted by molar-refractivity contribution is 5.98. The molecule has 0 bridgehead atoms. The van der Waals surface area contributed by atoms with Crippen molar-refractivity contribution in [2.45, 2.75) is 20.5 Å². The van der Waals surface area contributed by atoms with Crippen LogP contribution in [0.4, 0.5) is 0 Å². The number of rotatable bonds is 6. The summed E-state index contributed by atoms with van der Waals surface area (Å²) < 4.78 is 15.6. The summed E-state index contributed by atoms with van der Waals surface area (Å²) in [5.41, 5.74) is 3.69. The lowest BCUT2D eigenvalue weighted by Gasteiger charge is -2.13. The van der Waals surface area contributed by atoms with E-state index in [9.17, 15) is 4.79 Å². The summed E-state index contributed by atoms with van der Waals surface area (Å²) >= 11 is 0. The highest BCUT2D eigenvalue weighted by Crippen LogP contribution is 2.23. The number of benzene rings is 2. The third-order valence-corrected chi connectivity index (χ3v) is 3.98. The van der Waals surface area contributed by atoms with Gasteiger partial charge in [-0.1, -0.05) is 17.7 Å². The van der Waals surface area contributed by atoms with Crippen LogP contribution in [0.2, 0.25) is 0 Å². The van der Waals surface area contributed by atoms with Crippen molar-refractivity contribution in [2.24, 2.45) is 0 Å². The molecule has 0 unspecified atom stereocenters. The molecule has 0 aliphatic heterocycles. The van der Waals surface area contributed by atoms with Gasteiger partial charge in [-0.2, -0.15) is 5.26 Å². The molecule has 2 aromatic rings. The van der Waals surface area contributed by atoms with Crippen LogP contribution in [-0.4, -0.2) is 20.2 Å². The van der Waals surface area contributed by atoms with Crippen molar-refractivity contribution < 1.29 is 19.0 Å². The summed E-state index contributed by atoms with van der Waals surface area (Å²) in [6.45, 7) is 4.27. The van der Waals surface area contributed by atoms with E-state index in [0.29, 0.717) is 6.61 Å². The summed E-state index contributed by atoms with van der Waals surface area (Å²) in [5.74, 6) is 0.851. The van der Waals surface area contributed by atoms with Crippen molar-refractivity contribution in [1.29, 1.82) is 5.26 Å². The Labute approximate surface area is 153 Å². The molecule has 0 fully saturated rings. The van der Waals surface area contributed by atoms with Gasteiger partial charge < -0.3 is 14.2 Å². The van der Waals surface area contributed by atoms with Gasteiger partial charge in [0.1, 0.15) is 29.7 Å². The monoisotopic (exact) mass is 351 g/mol. The fourth-order valence-electron chi connectivity index (χ4n) is 2.50. The first-order valence-corrected chi connectivity index (χ1v) is 8.05. The molecule has 5 heteroatoms. The van der Waals surface area contributed by atoms with E-state index in [2.05, 4.69) is 4.74 Å². The maximum Gasteiger partial charge on any atom is 0.348 e.